The Bertz CT molecular complexity index is 424. The van der Waals surface area contributed by atoms with E-state index in [0.717, 1.165) is 28.8 Å². The Morgan fingerprint density at radius 2 is 2.38 bits per heavy atom. The highest BCUT2D eigenvalue weighted by molar-refractivity contribution is 7.10. The van der Waals surface area contributed by atoms with Crippen LogP contribution in [0.4, 0.5) is 5.13 Å². The molecule has 2 heterocycles. The monoisotopic (exact) mass is 254 g/mol. The van der Waals surface area contributed by atoms with Gasteiger partial charge < -0.3 is 5.32 Å². The molecule has 2 aromatic heterocycles. The summed E-state index contributed by atoms with van der Waals surface area (Å²) >= 11 is 3.07. The smallest absolute Gasteiger partial charge is 0.203 e. The largest absolute Gasteiger partial charge is 0.351 e. The molecular formula is C10H14N4S2. The van der Waals surface area contributed by atoms with E-state index in [1.165, 1.54) is 11.5 Å². The van der Waals surface area contributed by atoms with Gasteiger partial charge in [0.1, 0.15) is 10.8 Å². The van der Waals surface area contributed by atoms with Crippen LogP contribution in [0, 0.1) is 0 Å². The highest BCUT2D eigenvalue weighted by Gasteiger charge is 2.10. The molecule has 0 amide bonds. The molecule has 1 atom stereocenters. The van der Waals surface area contributed by atoms with Crippen LogP contribution in [0.5, 0.6) is 0 Å². The van der Waals surface area contributed by atoms with Crippen LogP contribution in [0.15, 0.2) is 11.6 Å². The topological polar surface area (TPSA) is 50.7 Å². The number of thiazole rings is 1. The summed E-state index contributed by atoms with van der Waals surface area (Å²) in [5.74, 6) is 0.932. The highest BCUT2D eigenvalue weighted by atomic mass is 32.1. The second kappa shape index (κ2) is 5.36. The molecule has 2 aromatic rings. The van der Waals surface area contributed by atoms with Gasteiger partial charge in [-0.3, -0.25) is 0 Å². The van der Waals surface area contributed by atoms with Crippen LogP contribution >= 0.6 is 22.9 Å². The van der Waals surface area contributed by atoms with Crippen molar-refractivity contribution in [2.45, 2.75) is 32.7 Å². The van der Waals surface area contributed by atoms with Crippen molar-refractivity contribution in [2.75, 3.05) is 5.32 Å². The quantitative estimate of drug-likeness (QED) is 0.890. The average Bonchev–Trinajstić information content (AvgIpc) is 2.89. The van der Waals surface area contributed by atoms with Gasteiger partial charge >= 0.3 is 0 Å². The molecule has 4 nitrogen and oxygen atoms in total. The highest BCUT2D eigenvalue weighted by Crippen LogP contribution is 2.22. The van der Waals surface area contributed by atoms with Crippen LogP contribution in [0.3, 0.4) is 0 Å². The molecule has 2 rings (SSSR count). The van der Waals surface area contributed by atoms with Crippen LogP contribution in [0.25, 0.3) is 0 Å². The molecule has 16 heavy (non-hydrogen) atoms. The van der Waals surface area contributed by atoms with Crippen LogP contribution < -0.4 is 5.32 Å². The summed E-state index contributed by atoms with van der Waals surface area (Å²) in [4.78, 5) is 8.69. The van der Waals surface area contributed by atoms with Gasteiger partial charge in [0, 0.05) is 29.5 Å². The Hall–Kier alpha value is -1.01. The molecule has 0 saturated heterocycles. The van der Waals surface area contributed by atoms with Crippen molar-refractivity contribution in [2.24, 2.45) is 0 Å². The molecule has 0 aliphatic heterocycles. The SMILES string of the molecule is CCCc1nsc(NC(C)c2nccs2)n1. The molecule has 0 aromatic carbocycles. The fourth-order valence-electron chi connectivity index (χ4n) is 1.33. The summed E-state index contributed by atoms with van der Waals surface area (Å²) in [6, 6.07) is 0.197. The summed E-state index contributed by atoms with van der Waals surface area (Å²) in [6.07, 6.45) is 3.85. The van der Waals surface area contributed by atoms with Gasteiger partial charge in [-0.25, -0.2) is 9.97 Å². The maximum absolute atomic E-state index is 4.42. The number of hydrogen-bond donors (Lipinski definition) is 1. The summed E-state index contributed by atoms with van der Waals surface area (Å²) in [5, 5.41) is 7.26. The van der Waals surface area contributed by atoms with E-state index in [-0.39, 0.29) is 6.04 Å². The molecule has 6 heteroatoms. The Balaban J connectivity index is 1.98. The normalized spacial score (nSPS) is 12.6. The summed E-state index contributed by atoms with van der Waals surface area (Å²) in [5.41, 5.74) is 0. The predicted molar refractivity (Wildman–Crippen MR) is 68.1 cm³/mol. The summed E-state index contributed by atoms with van der Waals surface area (Å²) < 4.78 is 4.29. The first-order valence-corrected chi connectivity index (χ1v) is 6.93. The van der Waals surface area contributed by atoms with Gasteiger partial charge in [-0.2, -0.15) is 4.37 Å². The van der Waals surface area contributed by atoms with Gasteiger partial charge in [0.15, 0.2) is 0 Å². The zero-order valence-electron chi connectivity index (χ0n) is 9.30. The molecule has 0 spiro atoms. The van der Waals surface area contributed by atoms with Gasteiger partial charge in [-0.05, 0) is 13.3 Å². The number of rotatable bonds is 5. The minimum atomic E-state index is 0.197. The Morgan fingerprint density at radius 3 is 3.06 bits per heavy atom. The maximum atomic E-state index is 4.42. The molecule has 0 saturated carbocycles. The Kier molecular flexibility index (Phi) is 3.84. The molecular weight excluding hydrogens is 240 g/mol. The second-order valence-electron chi connectivity index (χ2n) is 3.50. The number of anilines is 1. The Morgan fingerprint density at radius 1 is 1.50 bits per heavy atom. The van der Waals surface area contributed by atoms with Crippen molar-refractivity contribution < 1.29 is 0 Å². The van der Waals surface area contributed by atoms with Crippen LogP contribution in [-0.2, 0) is 6.42 Å². The van der Waals surface area contributed by atoms with Gasteiger partial charge in [0.2, 0.25) is 5.13 Å². The van der Waals surface area contributed by atoms with E-state index in [1.807, 2.05) is 11.6 Å². The van der Waals surface area contributed by atoms with Crippen LogP contribution in [0.2, 0.25) is 0 Å². The number of nitrogens with one attached hydrogen (secondary N) is 1. The van der Waals surface area contributed by atoms with E-state index < -0.39 is 0 Å². The van der Waals surface area contributed by atoms with Crippen molar-refractivity contribution in [1.29, 1.82) is 0 Å². The van der Waals surface area contributed by atoms with E-state index in [0.29, 0.717) is 0 Å². The first kappa shape index (κ1) is 11.5. The van der Waals surface area contributed by atoms with E-state index in [2.05, 4.69) is 33.5 Å². The van der Waals surface area contributed by atoms with Gasteiger partial charge in [0.25, 0.3) is 0 Å². The molecule has 0 aliphatic carbocycles. The third-order valence-corrected chi connectivity index (χ3v) is 3.75. The van der Waals surface area contributed by atoms with E-state index >= 15 is 0 Å². The molecule has 0 bridgehead atoms. The summed E-state index contributed by atoms with van der Waals surface area (Å²) in [7, 11) is 0. The molecule has 86 valence electrons. The van der Waals surface area contributed by atoms with E-state index in [1.54, 1.807) is 11.3 Å². The molecule has 0 fully saturated rings. The maximum Gasteiger partial charge on any atom is 0.203 e. The lowest BCUT2D eigenvalue weighted by Crippen LogP contribution is -2.05. The van der Waals surface area contributed by atoms with Crippen molar-refractivity contribution in [1.82, 2.24) is 14.3 Å². The lowest BCUT2D eigenvalue weighted by atomic mass is 10.3. The molecule has 1 N–H and O–H groups in total. The van der Waals surface area contributed by atoms with Crippen LogP contribution in [0.1, 0.15) is 37.1 Å². The molecule has 0 radical (unpaired) electrons. The van der Waals surface area contributed by atoms with Crippen molar-refractivity contribution >= 4 is 28.0 Å². The number of aromatic nitrogens is 3. The third-order valence-electron chi connectivity index (χ3n) is 2.10. The number of nitrogens with zero attached hydrogens (tertiary/aromatic N) is 3. The fourth-order valence-corrected chi connectivity index (χ4v) is 2.68. The zero-order chi connectivity index (χ0) is 11.4. The van der Waals surface area contributed by atoms with Gasteiger partial charge in [-0.15, -0.1) is 11.3 Å². The lowest BCUT2D eigenvalue weighted by molar-refractivity contribution is 0.843. The minimum Gasteiger partial charge on any atom is -0.351 e. The van der Waals surface area contributed by atoms with Gasteiger partial charge in [0.05, 0.1) is 6.04 Å². The average molecular weight is 254 g/mol. The lowest BCUT2D eigenvalue weighted by Gasteiger charge is -2.08. The first-order chi connectivity index (χ1) is 7.79. The van der Waals surface area contributed by atoms with Crippen LogP contribution in [-0.4, -0.2) is 14.3 Å². The predicted octanol–water partition coefficient (Wildman–Crippen LogP) is 3.12. The third kappa shape index (κ3) is 2.76. The second-order valence-corrected chi connectivity index (χ2v) is 5.18. The Labute approximate surface area is 103 Å². The standard InChI is InChI=1S/C10H14N4S2/c1-3-4-8-13-10(16-14-8)12-7(2)9-11-5-6-15-9/h5-7H,3-4H2,1-2H3,(H,12,13,14). The van der Waals surface area contributed by atoms with Crippen molar-refractivity contribution in [3.63, 3.8) is 0 Å². The van der Waals surface area contributed by atoms with Crippen molar-refractivity contribution in [3.05, 3.63) is 22.4 Å². The zero-order valence-corrected chi connectivity index (χ0v) is 10.9. The van der Waals surface area contributed by atoms with E-state index in [4.69, 9.17) is 0 Å². The van der Waals surface area contributed by atoms with E-state index in [9.17, 15) is 0 Å². The number of aryl methyl sites for hydroxylation is 1. The first-order valence-electron chi connectivity index (χ1n) is 5.28. The fraction of sp³-hybridized carbons (Fsp3) is 0.500. The van der Waals surface area contributed by atoms with Gasteiger partial charge in [-0.1, -0.05) is 6.92 Å². The minimum absolute atomic E-state index is 0.197. The van der Waals surface area contributed by atoms with Crippen molar-refractivity contribution in [3.8, 4) is 0 Å². The number of hydrogen-bond acceptors (Lipinski definition) is 6. The molecule has 1 unspecified atom stereocenters. The summed E-state index contributed by atoms with van der Waals surface area (Å²) in [6.45, 7) is 4.21. The molecule has 0 aliphatic rings.